The molecule has 7 rings (SSSR count). The van der Waals surface area contributed by atoms with E-state index in [0.29, 0.717) is 0 Å². The lowest BCUT2D eigenvalue weighted by atomic mass is 9.94. The monoisotopic (exact) mass is 670 g/mol. The lowest BCUT2D eigenvalue weighted by Crippen LogP contribution is -2.43. The van der Waals surface area contributed by atoms with Crippen molar-refractivity contribution in [2.75, 3.05) is 43.5 Å². The maximum atomic E-state index is 17.0. The molecule has 4 aromatic rings. The van der Waals surface area contributed by atoms with Gasteiger partial charge in [-0.2, -0.15) is 9.97 Å². The summed E-state index contributed by atoms with van der Waals surface area (Å²) >= 11 is 7.76. The van der Waals surface area contributed by atoms with Crippen LogP contribution in [0.5, 0.6) is 11.8 Å². The van der Waals surface area contributed by atoms with Crippen LogP contribution in [0.25, 0.3) is 37.0 Å². The predicted octanol–water partition coefficient (Wildman–Crippen LogP) is 7.77. The number of aromatic nitrogens is 2. The summed E-state index contributed by atoms with van der Waals surface area (Å²) in [6.07, 6.45) is 1.22. The average Bonchev–Trinajstić information content (AvgIpc) is 3.63. The third kappa shape index (κ3) is 4.65. The van der Waals surface area contributed by atoms with Gasteiger partial charge in [0.05, 0.1) is 44.8 Å². The number of nitrogens with zero attached hydrogens (tertiary/aromatic N) is 5. The van der Waals surface area contributed by atoms with Gasteiger partial charge in [-0.1, -0.05) is 35.9 Å². The van der Waals surface area contributed by atoms with Crippen LogP contribution in [0.1, 0.15) is 19.3 Å². The number of hydrogen-bond donors (Lipinski definition) is 1. The van der Waals surface area contributed by atoms with Gasteiger partial charge in [-0.15, -0.1) is 17.9 Å². The van der Waals surface area contributed by atoms with Crippen molar-refractivity contribution in [3.63, 3.8) is 0 Å². The molecule has 8 nitrogen and oxygen atoms in total. The molecule has 1 unspecified atom stereocenters. The molecule has 0 bridgehead atoms. The van der Waals surface area contributed by atoms with Crippen LogP contribution in [-0.2, 0) is 0 Å². The van der Waals surface area contributed by atoms with Crippen LogP contribution in [0.4, 0.5) is 34.1 Å². The summed E-state index contributed by atoms with van der Waals surface area (Å²) < 4.78 is 72.2. The smallest absolute Gasteiger partial charge is 0.319 e. The SMILES string of the molecule is [C-]#[N+]c1c(N)sc2c(F)ccc(-c3c(Cl)c4c5c(nc(OC[C@@]67CCCN6CC(=C)C7)nc5c3F)N(CC(F)F)C(C=C)CO4)c12. The van der Waals surface area contributed by atoms with E-state index in [-0.39, 0.29) is 84.2 Å². The Labute approximate surface area is 270 Å². The highest BCUT2D eigenvalue weighted by Gasteiger charge is 2.47. The van der Waals surface area contributed by atoms with Crippen molar-refractivity contribution in [1.82, 2.24) is 14.9 Å². The maximum absolute atomic E-state index is 17.0. The number of anilines is 2. The predicted molar refractivity (Wildman–Crippen MR) is 172 cm³/mol. The lowest BCUT2D eigenvalue weighted by molar-refractivity contribution is 0.108. The standard InChI is InChI=1S/C32H27ClF4N6O2S/c1-4-16-13-44-27-22-25(24(37)20(23(27)33)17-6-7-18(34)28-21(17)26(39-3)29(38)46-28)40-31(41-30(22)43(16)12-19(35)36)45-14-32-8-5-9-42(32)11-15(2)10-32/h4,6-7,16,19H,1-2,5,8-14,38H2/t16?,32-/m0/s1. The van der Waals surface area contributed by atoms with E-state index < -0.39 is 30.6 Å². The zero-order valence-electron chi connectivity index (χ0n) is 24.4. The number of hydrogen-bond acceptors (Lipinski definition) is 8. The number of alkyl halides is 2. The van der Waals surface area contributed by atoms with Crippen LogP contribution in [0.2, 0.25) is 5.02 Å². The molecule has 2 N–H and O–H groups in total. The molecule has 14 heteroatoms. The Hall–Kier alpha value is -4.12. The summed E-state index contributed by atoms with van der Waals surface area (Å²) in [5.74, 6) is -1.68. The van der Waals surface area contributed by atoms with Gasteiger partial charge in [0.25, 0.3) is 6.43 Å². The van der Waals surface area contributed by atoms with Gasteiger partial charge in [0.1, 0.15) is 30.4 Å². The Morgan fingerprint density at radius 2 is 2.11 bits per heavy atom. The van der Waals surface area contributed by atoms with E-state index in [9.17, 15) is 13.2 Å². The largest absolute Gasteiger partial charge is 0.489 e. The molecule has 2 fully saturated rings. The second-order valence-corrected chi connectivity index (χ2v) is 13.2. The molecule has 3 aliphatic rings. The Kier molecular flexibility index (Phi) is 7.49. The highest BCUT2D eigenvalue weighted by Crippen LogP contribution is 2.53. The molecule has 0 spiro atoms. The van der Waals surface area contributed by atoms with Gasteiger partial charge >= 0.3 is 6.01 Å². The Bertz CT molecular complexity index is 2000. The van der Waals surface area contributed by atoms with Gasteiger partial charge in [-0.3, -0.25) is 4.90 Å². The van der Waals surface area contributed by atoms with E-state index in [1.807, 2.05) is 0 Å². The number of thiophene rings is 1. The molecule has 3 aliphatic heterocycles. The number of ether oxygens (including phenoxy) is 2. The molecule has 0 saturated carbocycles. The van der Waals surface area contributed by atoms with Crippen molar-refractivity contribution in [3.8, 4) is 22.9 Å². The van der Waals surface area contributed by atoms with Crippen LogP contribution < -0.4 is 20.1 Å². The van der Waals surface area contributed by atoms with E-state index in [0.717, 1.165) is 55.3 Å². The second kappa shape index (κ2) is 11.3. The molecular formula is C32H27ClF4N6O2S. The normalized spacial score (nSPS) is 21.1. The van der Waals surface area contributed by atoms with E-state index in [4.69, 9.17) is 33.4 Å². The number of nitrogens with two attached hydrogens (primary N) is 1. The van der Waals surface area contributed by atoms with Gasteiger partial charge in [0.15, 0.2) is 11.6 Å². The van der Waals surface area contributed by atoms with Gasteiger partial charge in [0.2, 0.25) is 5.69 Å². The maximum Gasteiger partial charge on any atom is 0.319 e. The molecule has 238 valence electrons. The van der Waals surface area contributed by atoms with Crippen molar-refractivity contribution < 1.29 is 27.0 Å². The van der Waals surface area contributed by atoms with Crippen molar-refractivity contribution in [2.45, 2.75) is 37.3 Å². The molecule has 2 saturated heterocycles. The number of nitrogen functional groups attached to an aromatic ring is 1. The third-order valence-electron chi connectivity index (χ3n) is 9.00. The summed E-state index contributed by atoms with van der Waals surface area (Å²) in [6.45, 7) is 16.5. The van der Waals surface area contributed by atoms with E-state index in [1.165, 1.54) is 17.0 Å². The zero-order valence-corrected chi connectivity index (χ0v) is 26.0. The first-order valence-electron chi connectivity index (χ1n) is 14.5. The summed E-state index contributed by atoms with van der Waals surface area (Å²) in [6, 6.07) is 1.45. The molecule has 5 heterocycles. The molecular weight excluding hydrogens is 644 g/mol. The summed E-state index contributed by atoms with van der Waals surface area (Å²) in [5.41, 5.74) is 6.37. The number of benzene rings is 2. The molecule has 0 radical (unpaired) electrons. The Morgan fingerprint density at radius 3 is 2.85 bits per heavy atom. The molecule has 46 heavy (non-hydrogen) atoms. The van der Waals surface area contributed by atoms with Gasteiger partial charge < -0.3 is 20.1 Å². The van der Waals surface area contributed by atoms with E-state index >= 15 is 4.39 Å². The van der Waals surface area contributed by atoms with Crippen LogP contribution in [0, 0.1) is 18.2 Å². The van der Waals surface area contributed by atoms with Gasteiger partial charge in [-0.05, 0) is 37.4 Å². The topological polar surface area (TPSA) is 81.1 Å². The number of halogens is 5. The average molecular weight is 671 g/mol. The minimum absolute atomic E-state index is 0.0212. The third-order valence-corrected chi connectivity index (χ3v) is 10.4. The van der Waals surface area contributed by atoms with Gasteiger partial charge in [-0.25, -0.2) is 22.4 Å². The van der Waals surface area contributed by atoms with Crippen molar-refractivity contribution >= 4 is 60.4 Å². The van der Waals surface area contributed by atoms with Crippen LogP contribution in [0.15, 0.2) is 36.9 Å². The minimum atomic E-state index is -2.78. The lowest BCUT2D eigenvalue weighted by Gasteiger charge is -2.31. The first-order chi connectivity index (χ1) is 22.1. The van der Waals surface area contributed by atoms with Crippen molar-refractivity contribution in [2.24, 2.45) is 0 Å². The first-order valence-corrected chi connectivity index (χ1v) is 15.7. The zero-order chi connectivity index (χ0) is 32.5. The van der Waals surface area contributed by atoms with Crippen LogP contribution in [-0.4, -0.2) is 65.7 Å². The fourth-order valence-corrected chi connectivity index (χ4v) is 8.27. The molecule has 2 aromatic carbocycles. The fraction of sp³-hybridized carbons (Fsp3) is 0.344. The number of rotatable bonds is 7. The van der Waals surface area contributed by atoms with Crippen LogP contribution >= 0.6 is 22.9 Å². The van der Waals surface area contributed by atoms with E-state index in [1.54, 1.807) is 0 Å². The van der Waals surface area contributed by atoms with Gasteiger partial charge in [0, 0.05) is 17.5 Å². The van der Waals surface area contributed by atoms with Crippen molar-refractivity contribution in [3.05, 3.63) is 65.0 Å². The molecule has 0 aliphatic carbocycles. The fourth-order valence-electron chi connectivity index (χ4n) is 7.00. The molecule has 2 aromatic heterocycles. The summed E-state index contributed by atoms with van der Waals surface area (Å²) in [4.78, 5) is 16.1. The summed E-state index contributed by atoms with van der Waals surface area (Å²) in [7, 11) is 0. The Balaban J connectivity index is 1.48. The molecule has 2 atom stereocenters. The molecule has 0 amide bonds. The second-order valence-electron chi connectivity index (χ2n) is 11.7. The summed E-state index contributed by atoms with van der Waals surface area (Å²) in [5, 5.41) is -0.0833. The number of fused-ring (bicyclic) bond motifs is 2. The highest BCUT2D eigenvalue weighted by atomic mass is 35.5. The minimum Gasteiger partial charge on any atom is -0.489 e. The van der Waals surface area contributed by atoms with Crippen molar-refractivity contribution in [1.29, 1.82) is 0 Å². The first kappa shape index (κ1) is 30.5. The highest BCUT2D eigenvalue weighted by molar-refractivity contribution is 7.23. The van der Waals surface area contributed by atoms with Crippen LogP contribution in [0.3, 0.4) is 0 Å². The van der Waals surface area contributed by atoms with E-state index in [2.05, 4.69) is 32.9 Å². The quantitative estimate of drug-likeness (QED) is 0.122. The Morgan fingerprint density at radius 1 is 1.30 bits per heavy atom.